The molecule has 148 valence electrons. The van der Waals surface area contributed by atoms with Gasteiger partial charge in [-0.25, -0.2) is 0 Å². The maximum absolute atomic E-state index is 11.6. The van der Waals surface area contributed by atoms with Gasteiger partial charge in [0.2, 0.25) is 0 Å². The predicted octanol–water partition coefficient (Wildman–Crippen LogP) is 4.79. The summed E-state index contributed by atoms with van der Waals surface area (Å²) >= 11 is 0.200. The van der Waals surface area contributed by atoms with Crippen LogP contribution in [0.1, 0.15) is 48.5 Å². The molecule has 0 aliphatic carbocycles. The number of carbonyl (C=O) groups is 1. The summed E-state index contributed by atoms with van der Waals surface area (Å²) in [6.45, 7) is 24.1. The van der Waals surface area contributed by atoms with Gasteiger partial charge in [0.05, 0.1) is 0 Å². The molecule has 1 aliphatic rings. The van der Waals surface area contributed by atoms with E-state index in [1.807, 2.05) is 0 Å². The van der Waals surface area contributed by atoms with E-state index in [0.717, 1.165) is 5.32 Å². The molecule has 7 heteroatoms. The molecule has 0 N–H and O–H groups in total. The molecule has 0 aromatic heterocycles. The molecule has 0 radical (unpaired) electrons. The topological polar surface area (TPSA) is 44.8 Å². The summed E-state index contributed by atoms with van der Waals surface area (Å²) in [6.07, 6.45) is -0.0849. The van der Waals surface area contributed by atoms with E-state index in [9.17, 15) is 4.79 Å². The molecule has 4 nitrogen and oxygen atoms in total. The molecule has 1 rings (SSSR count). The van der Waals surface area contributed by atoms with Gasteiger partial charge in [-0.3, -0.25) is 0 Å². The summed E-state index contributed by atoms with van der Waals surface area (Å²) in [5, 5.41) is 1.09. The molecular weight excluding hydrogens is 415 g/mol. The van der Waals surface area contributed by atoms with Gasteiger partial charge in [0, 0.05) is 0 Å². The van der Waals surface area contributed by atoms with E-state index in [2.05, 4.69) is 67.7 Å². The van der Waals surface area contributed by atoms with Gasteiger partial charge >= 0.3 is 163 Å². The van der Waals surface area contributed by atoms with Crippen molar-refractivity contribution in [3.63, 3.8) is 0 Å². The Morgan fingerprint density at radius 1 is 0.920 bits per heavy atom. The first kappa shape index (κ1) is 23.4. The Kier molecular flexibility index (Phi) is 7.26. The molecule has 25 heavy (non-hydrogen) atoms. The minimum absolute atomic E-state index is 0.0411. The van der Waals surface area contributed by atoms with Crippen molar-refractivity contribution in [1.29, 1.82) is 0 Å². The van der Waals surface area contributed by atoms with Crippen LogP contribution in [0.25, 0.3) is 0 Å². The zero-order chi connectivity index (χ0) is 19.8. The number of rotatable bonds is 5. The first-order valence-electron chi connectivity index (χ1n) is 9.12. The Morgan fingerprint density at radius 2 is 1.36 bits per heavy atom. The second kappa shape index (κ2) is 7.76. The fraction of sp³-hybridized carbons (Fsp3) is 0.944. The predicted molar refractivity (Wildman–Crippen MR) is 110 cm³/mol. The van der Waals surface area contributed by atoms with E-state index < -0.39 is 16.6 Å². The molecule has 3 atom stereocenters. The Balaban J connectivity index is 3.06. The van der Waals surface area contributed by atoms with Crippen LogP contribution < -0.4 is 0 Å². The number of hydrogen-bond acceptors (Lipinski definition) is 4. The number of hydrogen-bond donors (Lipinski definition) is 0. The average molecular weight is 454 g/mol. The SMILES string of the molecule is CC(=O)OC1[Se]C[C@H](O[Si](C)(C)C(C)(C)C)[C@H]1O[Si](C)(C)C(C)(C)C. The molecule has 0 spiro atoms. The van der Waals surface area contributed by atoms with Gasteiger partial charge in [0.1, 0.15) is 0 Å². The van der Waals surface area contributed by atoms with E-state index in [-0.39, 0.29) is 48.2 Å². The van der Waals surface area contributed by atoms with Crippen LogP contribution in [0, 0.1) is 0 Å². The van der Waals surface area contributed by atoms with Gasteiger partial charge < -0.3 is 0 Å². The number of ether oxygens (including phenoxy) is 1. The van der Waals surface area contributed by atoms with Crippen LogP contribution in [0.4, 0.5) is 0 Å². The molecule has 0 amide bonds. The fourth-order valence-electron chi connectivity index (χ4n) is 2.12. The summed E-state index contributed by atoms with van der Waals surface area (Å²) in [6, 6.07) is 0. The molecule has 0 bridgehead atoms. The number of esters is 1. The normalized spacial score (nSPS) is 26.0. The van der Waals surface area contributed by atoms with Gasteiger partial charge in [-0.2, -0.15) is 0 Å². The van der Waals surface area contributed by atoms with Gasteiger partial charge in [-0.15, -0.1) is 0 Å². The van der Waals surface area contributed by atoms with E-state index in [1.54, 1.807) is 0 Å². The van der Waals surface area contributed by atoms with Crippen LogP contribution in [0.15, 0.2) is 0 Å². The van der Waals surface area contributed by atoms with Crippen LogP contribution in [-0.4, -0.2) is 54.8 Å². The summed E-state index contributed by atoms with van der Waals surface area (Å²) in [7, 11) is -3.87. The van der Waals surface area contributed by atoms with Crippen molar-refractivity contribution in [3.8, 4) is 0 Å². The second-order valence-electron chi connectivity index (χ2n) is 10.1. The summed E-state index contributed by atoms with van der Waals surface area (Å²) in [5.41, 5.74) is 0. The van der Waals surface area contributed by atoms with Crippen molar-refractivity contribution in [2.75, 3.05) is 0 Å². The molecule has 1 aliphatic heterocycles. The fourth-order valence-corrected chi connectivity index (χ4v) is 7.90. The Hall–Kier alpha value is 0.343. The Morgan fingerprint density at radius 3 is 1.76 bits per heavy atom. The van der Waals surface area contributed by atoms with Gasteiger partial charge in [0.15, 0.2) is 0 Å². The summed E-state index contributed by atoms with van der Waals surface area (Å²) in [4.78, 5) is 11.6. The van der Waals surface area contributed by atoms with Gasteiger partial charge in [0.25, 0.3) is 0 Å². The minimum atomic E-state index is -1.97. The quantitative estimate of drug-likeness (QED) is 0.443. The zero-order valence-electron chi connectivity index (χ0n) is 18.0. The maximum atomic E-state index is 11.6. The van der Waals surface area contributed by atoms with Crippen LogP contribution >= 0.6 is 0 Å². The van der Waals surface area contributed by atoms with Crippen LogP contribution in [0.2, 0.25) is 41.6 Å². The van der Waals surface area contributed by atoms with Gasteiger partial charge in [-0.1, -0.05) is 0 Å². The van der Waals surface area contributed by atoms with Crippen molar-refractivity contribution >= 4 is 37.6 Å². The van der Waals surface area contributed by atoms with E-state index >= 15 is 0 Å². The van der Waals surface area contributed by atoms with Crippen molar-refractivity contribution < 1.29 is 18.4 Å². The summed E-state index contributed by atoms with van der Waals surface area (Å²) < 4.78 is 19.1. The third-order valence-electron chi connectivity index (χ3n) is 5.83. The molecule has 0 aromatic rings. The standard InChI is InChI=1S/C18H38O4SeSi2/c1-13(19)20-16-15(22-25(10,11)18(5,6)7)14(12-23-16)21-24(8,9)17(2,3)4/h14-16H,12H2,1-11H3/t14-,15+,16?/m0/s1. The third-order valence-corrected chi connectivity index (χ3v) is 17.4. The van der Waals surface area contributed by atoms with E-state index in [1.165, 1.54) is 6.92 Å². The van der Waals surface area contributed by atoms with Crippen molar-refractivity contribution in [2.45, 2.75) is 107 Å². The Labute approximate surface area is 163 Å². The van der Waals surface area contributed by atoms with Crippen LogP contribution in [0.5, 0.6) is 0 Å². The summed E-state index contributed by atoms with van der Waals surface area (Å²) in [5.74, 6) is -0.219. The van der Waals surface area contributed by atoms with Crippen molar-refractivity contribution in [3.05, 3.63) is 0 Å². The van der Waals surface area contributed by atoms with E-state index in [0.29, 0.717) is 0 Å². The van der Waals surface area contributed by atoms with Crippen molar-refractivity contribution in [1.82, 2.24) is 0 Å². The molecule has 1 unspecified atom stereocenters. The molecule has 1 heterocycles. The monoisotopic (exact) mass is 454 g/mol. The van der Waals surface area contributed by atoms with Gasteiger partial charge in [-0.05, 0) is 0 Å². The third kappa shape index (κ3) is 5.91. The molecule has 1 fully saturated rings. The molecule has 0 aromatic carbocycles. The van der Waals surface area contributed by atoms with Crippen LogP contribution in [0.3, 0.4) is 0 Å². The molecule has 0 saturated carbocycles. The molecular formula is C18H38O4SeSi2. The molecule has 1 saturated heterocycles. The Bertz CT molecular complexity index is 480. The zero-order valence-corrected chi connectivity index (χ0v) is 21.7. The van der Waals surface area contributed by atoms with Crippen LogP contribution in [-0.2, 0) is 18.4 Å². The van der Waals surface area contributed by atoms with Crippen molar-refractivity contribution in [2.24, 2.45) is 0 Å². The number of carbonyl (C=O) groups excluding carboxylic acids is 1. The first-order valence-corrected chi connectivity index (χ1v) is 17.1. The first-order chi connectivity index (χ1) is 11.0. The second-order valence-corrected chi connectivity index (χ2v) is 22.0. The van der Waals surface area contributed by atoms with E-state index in [4.69, 9.17) is 13.6 Å². The average Bonchev–Trinajstić information content (AvgIpc) is 2.68.